The Hall–Kier alpha value is -1.50. The number of aromatic nitrogens is 4. The van der Waals surface area contributed by atoms with E-state index in [1.165, 1.54) is 4.57 Å². The molecule has 2 aromatic rings. The molecule has 0 aliphatic carbocycles. The van der Waals surface area contributed by atoms with Crippen molar-refractivity contribution in [3.05, 3.63) is 20.8 Å². The molecule has 0 saturated carbocycles. The highest BCUT2D eigenvalue weighted by Gasteiger charge is 2.16. The third kappa shape index (κ3) is 2.47. The number of aryl methyl sites for hydroxylation is 2. The Bertz CT molecular complexity index is 698. The standard InChI is InChI=1S/C12H18N4O2S/c1-4-6-7-16-8-9(13-12(16)19-5-2)15(3)11(18)14-10(8)17/h4-7H2,1-3H3,(H,14,17,18). The van der Waals surface area contributed by atoms with E-state index in [1.807, 2.05) is 11.5 Å². The van der Waals surface area contributed by atoms with Crippen LogP contribution in [0.4, 0.5) is 0 Å². The first kappa shape index (κ1) is 13.9. The summed E-state index contributed by atoms with van der Waals surface area (Å²) in [6.45, 7) is 4.89. The fourth-order valence-corrected chi connectivity index (χ4v) is 2.73. The largest absolute Gasteiger partial charge is 0.329 e. The highest BCUT2D eigenvalue weighted by Crippen LogP contribution is 2.21. The van der Waals surface area contributed by atoms with Gasteiger partial charge < -0.3 is 4.57 Å². The van der Waals surface area contributed by atoms with Gasteiger partial charge in [0.1, 0.15) is 0 Å². The number of unbranched alkanes of at least 4 members (excludes halogenated alkanes) is 1. The Kier molecular flexibility index (Phi) is 4.14. The number of imidazole rings is 1. The molecule has 2 heterocycles. The first-order valence-corrected chi connectivity index (χ1v) is 7.41. The lowest BCUT2D eigenvalue weighted by Gasteiger charge is -2.06. The van der Waals surface area contributed by atoms with Gasteiger partial charge in [-0.1, -0.05) is 32.0 Å². The quantitative estimate of drug-likeness (QED) is 0.840. The number of hydrogen-bond acceptors (Lipinski definition) is 4. The summed E-state index contributed by atoms with van der Waals surface area (Å²) in [5, 5.41) is 0.803. The minimum absolute atomic E-state index is 0.357. The second-order valence-corrected chi connectivity index (χ2v) is 5.55. The van der Waals surface area contributed by atoms with Crippen molar-refractivity contribution in [1.82, 2.24) is 19.1 Å². The molecule has 0 spiro atoms. The lowest BCUT2D eigenvalue weighted by Crippen LogP contribution is -2.29. The SMILES string of the molecule is CCCCn1c(SCC)nc2c1c(=O)[nH]c(=O)n2C. The summed E-state index contributed by atoms with van der Waals surface area (Å²) in [6, 6.07) is 0. The molecule has 0 bridgehead atoms. The number of aromatic amines is 1. The normalized spacial score (nSPS) is 11.3. The van der Waals surface area contributed by atoms with Crippen LogP contribution in [0.3, 0.4) is 0 Å². The molecule has 0 amide bonds. The average molecular weight is 282 g/mol. The first-order valence-electron chi connectivity index (χ1n) is 6.42. The molecule has 0 aliphatic rings. The highest BCUT2D eigenvalue weighted by atomic mass is 32.2. The van der Waals surface area contributed by atoms with E-state index in [-0.39, 0.29) is 5.56 Å². The molecule has 2 aromatic heterocycles. The molecule has 0 unspecified atom stereocenters. The van der Waals surface area contributed by atoms with Crippen LogP contribution >= 0.6 is 11.8 Å². The van der Waals surface area contributed by atoms with E-state index in [0.29, 0.717) is 11.2 Å². The molecule has 0 fully saturated rings. The second kappa shape index (κ2) is 5.64. The number of hydrogen-bond donors (Lipinski definition) is 1. The molecule has 7 heteroatoms. The van der Waals surface area contributed by atoms with Gasteiger partial charge in [-0.15, -0.1) is 0 Å². The van der Waals surface area contributed by atoms with Gasteiger partial charge in [0.25, 0.3) is 5.56 Å². The van der Waals surface area contributed by atoms with Gasteiger partial charge in [0, 0.05) is 13.6 Å². The topological polar surface area (TPSA) is 72.7 Å². The molecule has 6 nitrogen and oxygen atoms in total. The maximum Gasteiger partial charge on any atom is 0.329 e. The number of nitrogens with zero attached hydrogens (tertiary/aromatic N) is 3. The Morgan fingerprint density at radius 1 is 1.32 bits per heavy atom. The smallest absolute Gasteiger partial charge is 0.313 e. The third-order valence-corrected chi connectivity index (χ3v) is 3.84. The van der Waals surface area contributed by atoms with Crippen molar-refractivity contribution >= 4 is 22.9 Å². The minimum Gasteiger partial charge on any atom is -0.313 e. The average Bonchev–Trinajstić information content (AvgIpc) is 2.73. The monoisotopic (exact) mass is 282 g/mol. The molecular formula is C12H18N4O2S. The van der Waals surface area contributed by atoms with Crippen LogP contribution < -0.4 is 11.2 Å². The summed E-state index contributed by atoms with van der Waals surface area (Å²) >= 11 is 1.59. The molecule has 0 radical (unpaired) electrons. The summed E-state index contributed by atoms with van der Waals surface area (Å²) in [4.78, 5) is 30.4. The second-order valence-electron chi connectivity index (χ2n) is 4.32. The van der Waals surface area contributed by atoms with Crippen molar-refractivity contribution in [1.29, 1.82) is 0 Å². The van der Waals surface area contributed by atoms with Crippen LogP contribution in [-0.4, -0.2) is 24.9 Å². The molecule has 2 rings (SSSR count). The van der Waals surface area contributed by atoms with Crippen LogP contribution in [0.5, 0.6) is 0 Å². The number of H-pyrrole nitrogens is 1. The molecule has 19 heavy (non-hydrogen) atoms. The Morgan fingerprint density at radius 3 is 2.68 bits per heavy atom. The van der Waals surface area contributed by atoms with Gasteiger partial charge in [-0.25, -0.2) is 9.78 Å². The van der Waals surface area contributed by atoms with Gasteiger partial charge in [-0.3, -0.25) is 14.3 Å². The van der Waals surface area contributed by atoms with Gasteiger partial charge in [0.2, 0.25) is 0 Å². The third-order valence-electron chi connectivity index (χ3n) is 2.98. The summed E-state index contributed by atoms with van der Waals surface area (Å²) in [7, 11) is 1.62. The summed E-state index contributed by atoms with van der Waals surface area (Å²) in [6.07, 6.45) is 2.02. The van der Waals surface area contributed by atoms with Crippen molar-refractivity contribution in [2.45, 2.75) is 38.4 Å². The fraction of sp³-hybridized carbons (Fsp3) is 0.583. The van der Waals surface area contributed by atoms with Crippen molar-refractivity contribution < 1.29 is 0 Å². The van der Waals surface area contributed by atoms with Gasteiger partial charge >= 0.3 is 5.69 Å². The van der Waals surface area contributed by atoms with Crippen LogP contribution in [0, 0.1) is 0 Å². The Balaban J connectivity index is 2.74. The van der Waals surface area contributed by atoms with E-state index < -0.39 is 5.69 Å². The molecule has 104 valence electrons. The zero-order chi connectivity index (χ0) is 14.0. The van der Waals surface area contributed by atoms with E-state index in [9.17, 15) is 9.59 Å². The summed E-state index contributed by atoms with van der Waals surface area (Å²) in [5.74, 6) is 0.876. The van der Waals surface area contributed by atoms with Crippen LogP contribution in [-0.2, 0) is 13.6 Å². The van der Waals surface area contributed by atoms with Crippen molar-refractivity contribution in [2.24, 2.45) is 7.05 Å². The summed E-state index contributed by atoms with van der Waals surface area (Å²) < 4.78 is 3.31. The number of fused-ring (bicyclic) bond motifs is 1. The Morgan fingerprint density at radius 2 is 2.05 bits per heavy atom. The van der Waals surface area contributed by atoms with Gasteiger partial charge in [-0.05, 0) is 12.2 Å². The first-order chi connectivity index (χ1) is 9.10. The summed E-state index contributed by atoms with van der Waals surface area (Å²) in [5.41, 5.74) is 0.169. The lowest BCUT2D eigenvalue weighted by atomic mass is 10.3. The van der Waals surface area contributed by atoms with Crippen LogP contribution in [0.15, 0.2) is 14.7 Å². The van der Waals surface area contributed by atoms with E-state index in [1.54, 1.807) is 18.8 Å². The van der Waals surface area contributed by atoms with Gasteiger partial charge in [-0.2, -0.15) is 0 Å². The van der Waals surface area contributed by atoms with E-state index >= 15 is 0 Å². The lowest BCUT2D eigenvalue weighted by molar-refractivity contribution is 0.600. The van der Waals surface area contributed by atoms with Crippen molar-refractivity contribution in [3.63, 3.8) is 0 Å². The molecule has 0 saturated heterocycles. The highest BCUT2D eigenvalue weighted by molar-refractivity contribution is 7.99. The maximum absolute atomic E-state index is 12.0. The van der Waals surface area contributed by atoms with Crippen LogP contribution in [0.2, 0.25) is 0 Å². The minimum atomic E-state index is -0.425. The van der Waals surface area contributed by atoms with E-state index in [4.69, 9.17) is 0 Å². The predicted octanol–water partition coefficient (Wildman–Crippen LogP) is 1.34. The molecule has 0 aromatic carbocycles. The predicted molar refractivity (Wildman–Crippen MR) is 76.9 cm³/mol. The van der Waals surface area contributed by atoms with E-state index in [0.717, 1.165) is 30.3 Å². The van der Waals surface area contributed by atoms with Crippen LogP contribution in [0.1, 0.15) is 26.7 Å². The fourth-order valence-electron chi connectivity index (χ4n) is 1.98. The van der Waals surface area contributed by atoms with E-state index in [2.05, 4.69) is 16.9 Å². The molecule has 0 atom stereocenters. The zero-order valence-electron chi connectivity index (χ0n) is 11.4. The Labute approximate surface area is 114 Å². The van der Waals surface area contributed by atoms with Crippen LogP contribution in [0.25, 0.3) is 11.2 Å². The van der Waals surface area contributed by atoms with Gasteiger partial charge in [0.15, 0.2) is 16.3 Å². The van der Waals surface area contributed by atoms with Crippen molar-refractivity contribution in [3.8, 4) is 0 Å². The molecule has 1 N–H and O–H groups in total. The number of nitrogens with one attached hydrogen (secondary N) is 1. The zero-order valence-corrected chi connectivity index (χ0v) is 12.2. The number of thioether (sulfide) groups is 1. The molecule has 0 aliphatic heterocycles. The molecular weight excluding hydrogens is 264 g/mol. The van der Waals surface area contributed by atoms with Gasteiger partial charge in [0.05, 0.1) is 0 Å². The van der Waals surface area contributed by atoms with Crippen molar-refractivity contribution in [2.75, 3.05) is 5.75 Å². The number of rotatable bonds is 5. The maximum atomic E-state index is 12.0.